The molecular formula is C9H19IOSi. The molecule has 0 aliphatic carbocycles. The van der Waals surface area contributed by atoms with Gasteiger partial charge in [0.2, 0.25) is 0 Å². The molecule has 0 amide bonds. The summed E-state index contributed by atoms with van der Waals surface area (Å²) < 4.78 is 6.11. The van der Waals surface area contributed by atoms with Crippen molar-refractivity contribution in [3.05, 3.63) is 12.7 Å². The highest BCUT2D eigenvalue weighted by Crippen LogP contribution is 2.37. The highest BCUT2D eigenvalue weighted by atomic mass is 127. The Labute approximate surface area is 90.8 Å². The van der Waals surface area contributed by atoms with E-state index < -0.39 is 8.32 Å². The molecule has 12 heavy (non-hydrogen) atoms. The summed E-state index contributed by atoms with van der Waals surface area (Å²) in [6.07, 6.45) is 1.85. The molecule has 0 radical (unpaired) electrons. The predicted octanol–water partition coefficient (Wildman–Crippen LogP) is 3.96. The van der Waals surface area contributed by atoms with Gasteiger partial charge >= 0.3 is 0 Å². The number of halogens is 1. The van der Waals surface area contributed by atoms with Crippen molar-refractivity contribution >= 4 is 30.9 Å². The largest absolute Gasteiger partial charge is 0.402 e. The lowest BCUT2D eigenvalue weighted by atomic mass is 10.2. The van der Waals surface area contributed by atoms with Crippen LogP contribution in [0.5, 0.6) is 0 Å². The highest BCUT2D eigenvalue weighted by molar-refractivity contribution is 14.1. The molecule has 0 bridgehead atoms. The molecule has 0 fully saturated rings. The van der Waals surface area contributed by atoms with E-state index in [-0.39, 0.29) is 4.11 Å². The molecule has 0 aromatic rings. The lowest BCUT2D eigenvalue weighted by Crippen LogP contribution is -2.42. The molecule has 1 unspecified atom stereocenters. The first kappa shape index (κ1) is 12.6. The molecule has 0 aliphatic rings. The van der Waals surface area contributed by atoms with Gasteiger partial charge in [0.1, 0.15) is 4.11 Å². The molecule has 0 spiro atoms. The average molecular weight is 298 g/mol. The fourth-order valence-corrected chi connectivity index (χ4v) is 3.43. The first-order valence-corrected chi connectivity index (χ1v) is 8.30. The molecule has 0 aliphatic heterocycles. The van der Waals surface area contributed by atoms with Crippen LogP contribution in [0, 0.1) is 0 Å². The summed E-state index contributed by atoms with van der Waals surface area (Å²) >= 11 is 2.27. The van der Waals surface area contributed by atoms with Crippen molar-refractivity contribution in [2.75, 3.05) is 0 Å². The summed E-state index contributed by atoms with van der Waals surface area (Å²) in [7, 11) is -1.57. The summed E-state index contributed by atoms with van der Waals surface area (Å²) in [5.74, 6) is 0. The van der Waals surface area contributed by atoms with Gasteiger partial charge in [0.05, 0.1) is 0 Å². The standard InChI is InChI=1S/C9H19IOSi/c1-7-8(10)11-12(5,6)9(2,3)4/h7-8H,1H2,2-6H3. The van der Waals surface area contributed by atoms with Crippen molar-refractivity contribution in [1.29, 1.82) is 0 Å². The molecule has 0 aromatic carbocycles. The summed E-state index contributed by atoms with van der Waals surface area (Å²) in [6.45, 7) is 14.9. The lowest BCUT2D eigenvalue weighted by molar-refractivity contribution is 0.313. The molecule has 0 heterocycles. The molecule has 3 heteroatoms. The van der Waals surface area contributed by atoms with Gasteiger partial charge in [-0.3, -0.25) is 0 Å². The third-order valence-corrected chi connectivity index (χ3v) is 8.10. The van der Waals surface area contributed by atoms with Crippen molar-refractivity contribution in [1.82, 2.24) is 0 Å². The monoisotopic (exact) mass is 298 g/mol. The molecule has 0 aromatic heterocycles. The summed E-state index contributed by atoms with van der Waals surface area (Å²) in [6, 6.07) is 0. The van der Waals surface area contributed by atoms with E-state index >= 15 is 0 Å². The van der Waals surface area contributed by atoms with Gasteiger partial charge in [0, 0.05) is 0 Å². The Kier molecular flexibility index (Phi) is 4.47. The Morgan fingerprint density at radius 3 is 2.08 bits per heavy atom. The van der Waals surface area contributed by atoms with Gasteiger partial charge < -0.3 is 4.43 Å². The van der Waals surface area contributed by atoms with Crippen LogP contribution in [0.2, 0.25) is 18.1 Å². The van der Waals surface area contributed by atoms with Crippen molar-refractivity contribution in [3.63, 3.8) is 0 Å². The minimum Gasteiger partial charge on any atom is -0.402 e. The Hall–Kier alpha value is 0.647. The SMILES string of the molecule is C=CC(I)O[Si](C)(C)C(C)(C)C. The predicted molar refractivity (Wildman–Crippen MR) is 66.3 cm³/mol. The van der Waals surface area contributed by atoms with Crippen LogP contribution in [0.3, 0.4) is 0 Å². The Balaban J connectivity index is 4.32. The number of rotatable bonds is 3. The molecule has 0 saturated carbocycles. The van der Waals surface area contributed by atoms with Crippen LogP contribution >= 0.6 is 22.6 Å². The lowest BCUT2D eigenvalue weighted by Gasteiger charge is -2.37. The fourth-order valence-electron chi connectivity index (χ4n) is 0.506. The maximum atomic E-state index is 5.96. The zero-order chi connectivity index (χ0) is 9.99. The number of hydrogen-bond donors (Lipinski definition) is 0. The molecule has 1 atom stereocenters. The van der Waals surface area contributed by atoms with Gasteiger partial charge in [0.25, 0.3) is 0 Å². The van der Waals surface area contributed by atoms with E-state index in [4.69, 9.17) is 4.43 Å². The molecule has 72 valence electrons. The maximum Gasteiger partial charge on any atom is 0.193 e. The van der Waals surface area contributed by atoms with Crippen molar-refractivity contribution in [3.8, 4) is 0 Å². The smallest absolute Gasteiger partial charge is 0.193 e. The first-order chi connectivity index (χ1) is 5.20. The molecule has 1 nitrogen and oxygen atoms in total. The summed E-state index contributed by atoms with van der Waals surface area (Å²) in [5.41, 5.74) is 0. The number of alkyl halides is 1. The van der Waals surface area contributed by atoms with Gasteiger partial charge in [-0.25, -0.2) is 0 Å². The Morgan fingerprint density at radius 2 is 1.83 bits per heavy atom. The van der Waals surface area contributed by atoms with Crippen LogP contribution in [0.1, 0.15) is 20.8 Å². The normalized spacial score (nSPS) is 15.8. The molecule has 0 N–H and O–H groups in total. The average Bonchev–Trinajstić information content (AvgIpc) is 1.84. The van der Waals surface area contributed by atoms with Crippen molar-refractivity contribution in [2.45, 2.75) is 43.0 Å². The van der Waals surface area contributed by atoms with Gasteiger partial charge in [-0.15, -0.1) is 0 Å². The topological polar surface area (TPSA) is 9.23 Å². The second-order valence-electron chi connectivity index (χ2n) is 4.47. The minimum absolute atomic E-state index is 0.156. The first-order valence-electron chi connectivity index (χ1n) is 4.15. The minimum atomic E-state index is -1.57. The maximum absolute atomic E-state index is 5.96. The van der Waals surface area contributed by atoms with Crippen molar-refractivity contribution < 1.29 is 4.43 Å². The van der Waals surface area contributed by atoms with Crippen LogP contribution in [0.15, 0.2) is 12.7 Å². The van der Waals surface area contributed by atoms with Gasteiger partial charge in [-0.05, 0) is 40.7 Å². The van der Waals surface area contributed by atoms with Gasteiger partial charge in [0.15, 0.2) is 8.32 Å². The van der Waals surface area contributed by atoms with Crippen LogP contribution in [0.4, 0.5) is 0 Å². The second kappa shape index (κ2) is 4.24. The zero-order valence-electron chi connectivity index (χ0n) is 8.65. The number of hydrogen-bond acceptors (Lipinski definition) is 1. The van der Waals surface area contributed by atoms with E-state index in [2.05, 4.69) is 63.0 Å². The van der Waals surface area contributed by atoms with E-state index in [0.29, 0.717) is 5.04 Å². The molecular weight excluding hydrogens is 279 g/mol. The van der Waals surface area contributed by atoms with Crippen LogP contribution in [0.25, 0.3) is 0 Å². The van der Waals surface area contributed by atoms with Gasteiger partial charge in [-0.1, -0.05) is 33.4 Å². The molecule has 0 rings (SSSR count). The fraction of sp³-hybridized carbons (Fsp3) is 0.778. The highest BCUT2D eigenvalue weighted by Gasteiger charge is 2.38. The zero-order valence-corrected chi connectivity index (χ0v) is 11.8. The Morgan fingerprint density at radius 1 is 1.42 bits per heavy atom. The van der Waals surface area contributed by atoms with E-state index in [1.54, 1.807) is 0 Å². The van der Waals surface area contributed by atoms with Crippen LogP contribution < -0.4 is 0 Å². The van der Waals surface area contributed by atoms with E-state index in [1.807, 2.05) is 6.08 Å². The third-order valence-electron chi connectivity index (χ3n) is 2.40. The second-order valence-corrected chi connectivity index (χ2v) is 10.4. The summed E-state index contributed by atoms with van der Waals surface area (Å²) in [4.78, 5) is 0. The van der Waals surface area contributed by atoms with Crippen LogP contribution in [-0.4, -0.2) is 12.4 Å². The van der Waals surface area contributed by atoms with E-state index in [1.165, 1.54) is 0 Å². The van der Waals surface area contributed by atoms with E-state index in [0.717, 1.165) is 0 Å². The summed E-state index contributed by atoms with van der Waals surface area (Å²) in [5, 5.41) is 0.291. The van der Waals surface area contributed by atoms with Crippen molar-refractivity contribution in [2.24, 2.45) is 0 Å². The van der Waals surface area contributed by atoms with Crippen LogP contribution in [-0.2, 0) is 4.43 Å². The van der Waals surface area contributed by atoms with E-state index in [9.17, 15) is 0 Å². The molecule has 0 saturated heterocycles. The van der Waals surface area contributed by atoms with Gasteiger partial charge in [-0.2, -0.15) is 0 Å². The Bertz CT molecular complexity index is 160. The third kappa shape index (κ3) is 3.58. The quantitative estimate of drug-likeness (QED) is 0.332.